The minimum absolute atomic E-state index is 0.117. The van der Waals surface area contributed by atoms with Crippen molar-refractivity contribution in [2.24, 2.45) is 0 Å². The lowest BCUT2D eigenvalue weighted by molar-refractivity contribution is -0.145. The third-order valence-corrected chi connectivity index (χ3v) is 1.35. The zero-order chi connectivity index (χ0) is 7.44. The number of alkyl halides is 1. The van der Waals surface area contributed by atoms with Crippen LogP contribution >= 0.6 is 11.6 Å². The second-order valence-corrected chi connectivity index (χ2v) is 2.68. The van der Waals surface area contributed by atoms with E-state index in [1.54, 1.807) is 13.8 Å². The summed E-state index contributed by atoms with van der Waals surface area (Å²) in [4.78, 5) is 10.3. The van der Waals surface area contributed by atoms with Crippen LogP contribution in [0.15, 0.2) is 0 Å². The van der Waals surface area contributed by atoms with E-state index in [9.17, 15) is 4.79 Å². The average molecular weight is 151 g/mol. The van der Waals surface area contributed by atoms with E-state index in [1.165, 1.54) is 6.92 Å². The molecule has 0 saturated heterocycles. The van der Waals surface area contributed by atoms with Gasteiger partial charge in [-0.2, -0.15) is 0 Å². The molecule has 0 saturated carbocycles. The van der Waals surface area contributed by atoms with Crippen LogP contribution in [-0.2, 0) is 9.53 Å². The van der Waals surface area contributed by atoms with E-state index in [-0.39, 0.29) is 17.5 Å². The summed E-state index contributed by atoms with van der Waals surface area (Å²) >= 11 is 5.60. The molecule has 0 aliphatic carbocycles. The first kappa shape index (κ1) is 8.76. The minimum Gasteiger partial charge on any atom is -0.461 e. The summed E-state index contributed by atoms with van der Waals surface area (Å²) in [5, 5.41) is -0.117. The van der Waals surface area contributed by atoms with Crippen molar-refractivity contribution in [1.82, 2.24) is 0 Å². The van der Waals surface area contributed by atoms with E-state index < -0.39 is 0 Å². The van der Waals surface area contributed by atoms with Crippen LogP contribution in [0.5, 0.6) is 0 Å². The molecule has 0 aliphatic heterocycles. The van der Waals surface area contributed by atoms with Gasteiger partial charge < -0.3 is 4.74 Å². The Labute approximate surface area is 60.1 Å². The number of hydrogen-bond donors (Lipinski definition) is 0. The summed E-state index contributed by atoms with van der Waals surface area (Å²) < 4.78 is 4.74. The fourth-order valence-corrected chi connectivity index (χ4v) is 0.407. The first-order valence-corrected chi connectivity index (χ1v) is 3.29. The van der Waals surface area contributed by atoms with Gasteiger partial charge in [-0.1, -0.05) is 0 Å². The molecule has 0 N–H and O–H groups in total. The molecule has 0 aromatic carbocycles. The van der Waals surface area contributed by atoms with Gasteiger partial charge in [0.1, 0.15) is 6.10 Å². The zero-order valence-electron chi connectivity index (χ0n) is 5.85. The van der Waals surface area contributed by atoms with Gasteiger partial charge in [0.25, 0.3) is 0 Å². The molecule has 0 fully saturated rings. The van der Waals surface area contributed by atoms with Crippen molar-refractivity contribution in [3.8, 4) is 0 Å². The predicted octanol–water partition coefficient (Wildman–Crippen LogP) is 1.57. The Morgan fingerprint density at radius 1 is 1.56 bits per heavy atom. The number of carbonyl (C=O) groups excluding carboxylic acids is 1. The van der Waals surface area contributed by atoms with Gasteiger partial charge in [0.05, 0.1) is 5.38 Å². The maximum atomic E-state index is 10.3. The van der Waals surface area contributed by atoms with Gasteiger partial charge in [-0.3, -0.25) is 4.79 Å². The summed E-state index contributed by atoms with van der Waals surface area (Å²) in [6.45, 7) is 4.92. The quantitative estimate of drug-likeness (QED) is 0.441. The Hall–Kier alpha value is -0.240. The smallest absolute Gasteiger partial charge is 0.302 e. The summed E-state index contributed by atoms with van der Waals surface area (Å²) in [5.41, 5.74) is 0. The monoisotopic (exact) mass is 150 g/mol. The molecule has 0 aromatic heterocycles. The molecular weight excluding hydrogens is 140 g/mol. The molecule has 0 spiro atoms. The van der Waals surface area contributed by atoms with Crippen LogP contribution in [0.3, 0.4) is 0 Å². The standard InChI is InChI=1S/C6H11ClO2/c1-4(7)5(2)9-6(3)8/h4-5H,1-3H3. The van der Waals surface area contributed by atoms with Gasteiger partial charge in [0.15, 0.2) is 0 Å². The fourth-order valence-electron chi connectivity index (χ4n) is 0.356. The van der Waals surface area contributed by atoms with E-state index in [1.807, 2.05) is 0 Å². The number of rotatable bonds is 2. The number of hydrogen-bond acceptors (Lipinski definition) is 2. The Bertz CT molecular complexity index is 101. The van der Waals surface area contributed by atoms with E-state index in [0.717, 1.165) is 0 Å². The van der Waals surface area contributed by atoms with Crippen LogP contribution in [0, 0.1) is 0 Å². The Morgan fingerprint density at radius 2 is 2.00 bits per heavy atom. The van der Waals surface area contributed by atoms with Crippen molar-refractivity contribution in [3.63, 3.8) is 0 Å². The van der Waals surface area contributed by atoms with Gasteiger partial charge in [-0.25, -0.2) is 0 Å². The first-order chi connectivity index (χ1) is 4.04. The lowest BCUT2D eigenvalue weighted by atomic mass is 10.3. The molecule has 0 heterocycles. The Balaban J connectivity index is 3.50. The average Bonchev–Trinajstić information content (AvgIpc) is 1.63. The second-order valence-electron chi connectivity index (χ2n) is 1.99. The lowest BCUT2D eigenvalue weighted by Gasteiger charge is -2.12. The highest BCUT2D eigenvalue weighted by atomic mass is 35.5. The summed E-state index contributed by atoms with van der Waals surface area (Å²) in [6, 6.07) is 0. The predicted molar refractivity (Wildman–Crippen MR) is 36.5 cm³/mol. The lowest BCUT2D eigenvalue weighted by Crippen LogP contribution is -2.20. The summed E-state index contributed by atoms with van der Waals surface area (Å²) in [7, 11) is 0. The fraction of sp³-hybridized carbons (Fsp3) is 0.833. The van der Waals surface area contributed by atoms with Crippen LogP contribution < -0.4 is 0 Å². The number of ether oxygens (including phenoxy) is 1. The van der Waals surface area contributed by atoms with Crippen molar-refractivity contribution in [2.45, 2.75) is 32.3 Å². The van der Waals surface area contributed by atoms with Gasteiger partial charge >= 0.3 is 5.97 Å². The van der Waals surface area contributed by atoms with Crippen LogP contribution in [0.4, 0.5) is 0 Å². The van der Waals surface area contributed by atoms with Gasteiger partial charge in [-0.15, -0.1) is 11.6 Å². The Kier molecular flexibility index (Phi) is 3.62. The van der Waals surface area contributed by atoms with Crippen molar-refractivity contribution < 1.29 is 9.53 Å². The molecule has 9 heavy (non-hydrogen) atoms. The van der Waals surface area contributed by atoms with E-state index in [2.05, 4.69) is 0 Å². The second kappa shape index (κ2) is 3.72. The van der Waals surface area contributed by atoms with Crippen molar-refractivity contribution in [2.75, 3.05) is 0 Å². The van der Waals surface area contributed by atoms with E-state index >= 15 is 0 Å². The van der Waals surface area contributed by atoms with E-state index in [0.29, 0.717) is 0 Å². The molecule has 2 unspecified atom stereocenters. The maximum Gasteiger partial charge on any atom is 0.302 e. The summed E-state index contributed by atoms with van der Waals surface area (Å²) in [5.74, 6) is -0.282. The molecule has 0 aromatic rings. The molecule has 2 nitrogen and oxygen atoms in total. The third kappa shape index (κ3) is 4.28. The van der Waals surface area contributed by atoms with Crippen molar-refractivity contribution >= 4 is 17.6 Å². The zero-order valence-corrected chi connectivity index (χ0v) is 6.61. The summed E-state index contributed by atoms with van der Waals surface area (Å²) in [6.07, 6.45) is -0.191. The molecule has 0 amide bonds. The highest BCUT2D eigenvalue weighted by molar-refractivity contribution is 6.20. The molecular formula is C6H11ClO2. The highest BCUT2D eigenvalue weighted by Crippen LogP contribution is 2.04. The molecule has 2 atom stereocenters. The number of halogens is 1. The molecule has 0 bridgehead atoms. The van der Waals surface area contributed by atoms with Gasteiger partial charge in [-0.05, 0) is 13.8 Å². The van der Waals surface area contributed by atoms with Crippen molar-refractivity contribution in [3.05, 3.63) is 0 Å². The van der Waals surface area contributed by atoms with Crippen LogP contribution in [0.1, 0.15) is 20.8 Å². The maximum absolute atomic E-state index is 10.3. The van der Waals surface area contributed by atoms with Crippen molar-refractivity contribution in [1.29, 1.82) is 0 Å². The van der Waals surface area contributed by atoms with Crippen LogP contribution in [0.25, 0.3) is 0 Å². The molecule has 3 heteroatoms. The largest absolute Gasteiger partial charge is 0.461 e. The number of esters is 1. The molecule has 0 radical (unpaired) electrons. The first-order valence-electron chi connectivity index (χ1n) is 2.85. The number of carbonyl (C=O) groups is 1. The van der Waals surface area contributed by atoms with Gasteiger partial charge in [0.2, 0.25) is 0 Å². The minimum atomic E-state index is -0.282. The van der Waals surface area contributed by atoms with E-state index in [4.69, 9.17) is 16.3 Å². The molecule has 0 aliphatic rings. The van der Waals surface area contributed by atoms with Crippen LogP contribution in [0.2, 0.25) is 0 Å². The van der Waals surface area contributed by atoms with Gasteiger partial charge in [0, 0.05) is 6.92 Å². The Morgan fingerprint density at radius 3 is 2.11 bits per heavy atom. The third-order valence-electron chi connectivity index (χ3n) is 0.999. The SMILES string of the molecule is CC(=O)OC(C)C(C)Cl. The highest BCUT2D eigenvalue weighted by Gasteiger charge is 2.10. The normalized spacial score (nSPS) is 16.4. The molecule has 0 rings (SSSR count). The topological polar surface area (TPSA) is 26.3 Å². The van der Waals surface area contributed by atoms with Crippen LogP contribution in [-0.4, -0.2) is 17.5 Å². The molecule has 54 valence electrons.